The highest BCUT2D eigenvalue weighted by atomic mass is 16.3. The van der Waals surface area contributed by atoms with Crippen LogP contribution in [0.1, 0.15) is 30.9 Å². The van der Waals surface area contributed by atoms with Gasteiger partial charge in [-0.25, -0.2) is 0 Å². The van der Waals surface area contributed by atoms with Crippen LogP contribution < -0.4 is 5.32 Å². The maximum absolute atomic E-state index is 8.89. The first-order valence-corrected chi connectivity index (χ1v) is 6.10. The van der Waals surface area contributed by atoms with Crippen molar-refractivity contribution in [1.82, 2.24) is 5.32 Å². The fourth-order valence-electron chi connectivity index (χ4n) is 1.70. The summed E-state index contributed by atoms with van der Waals surface area (Å²) in [5.41, 5.74) is 2.72. The van der Waals surface area contributed by atoms with Crippen molar-refractivity contribution >= 4 is 0 Å². The standard InChI is InChI=1S/C14H23NO/c1-12(11-16)6-5-9-15-10-14-8-4-3-7-13(14)2/h3-4,7-8,12,15-16H,5-6,9-11H2,1-2H3. The van der Waals surface area contributed by atoms with E-state index in [0.717, 1.165) is 25.9 Å². The van der Waals surface area contributed by atoms with Crippen LogP contribution in [-0.4, -0.2) is 18.3 Å². The normalized spacial score (nSPS) is 12.7. The maximum atomic E-state index is 8.89. The van der Waals surface area contributed by atoms with Gasteiger partial charge in [-0.2, -0.15) is 0 Å². The van der Waals surface area contributed by atoms with Crippen molar-refractivity contribution in [2.45, 2.75) is 33.2 Å². The van der Waals surface area contributed by atoms with Crippen molar-refractivity contribution in [2.24, 2.45) is 5.92 Å². The first kappa shape index (κ1) is 13.2. The molecule has 1 rings (SSSR count). The molecule has 1 atom stereocenters. The summed E-state index contributed by atoms with van der Waals surface area (Å²) in [5, 5.41) is 12.3. The third kappa shape index (κ3) is 4.77. The van der Waals surface area contributed by atoms with Gasteiger partial charge < -0.3 is 10.4 Å². The molecule has 0 aromatic heterocycles. The summed E-state index contributed by atoms with van der Waals surface area (Å²) in [6, 6.07) is 8.46. The molecule has 0 spiro atoms. The summed E-state index contributed by atoms with van der Waals surface area (Å²) in [7, 11) is 0. The van der Waals surface area contributed by atoms with Crippen molar-refractivity contribution in [3.8, 4) is 0 Å². The molecular formula is C14H23NO. The minimum Gasteiger partial charge on any atom is -0.396 e. The molecule has 0 saturated carbocycles. The number of aryl methyl sites for hydroxylation is 1. The lowest BCUT2D eigenvalue weighted by molar-refractivity contribution is 0.228. The third-order valence-electron chi connectivity index (χ3n) is 2.94. The quantitative estimate of drug-likeness (QED) is 0.693. The van der Waals surface area contributed by atoms with Gasteiger partial charge >= 0.3 is 0 Å². The molecule has 0 radical (unpaired) electrons. The molecule has 1 unspecified atom stereocenters. The summed E-state index contributed by atoms with van der Waals surface area (Å²) in [4.78, 5) is 0. The zero-order valence-electron chi connectivity index (χ0n) is 10.4. The second kappa shape index (κ2) is 7.42. The molecule has 0 heterocycles. The monoisotopic (exact) mass is 221 g/mol. The van der Waals surface area contributed by atoms with Crippen LogP contribution >= 0.6 is 0 Å². The Morgan fingerprint density at radius 2 is 2.06 bits per heavy atom. The summed E-state index contributed by atoms with van der Waals surface area (Å²) in [6.07, 6.45) is 2.23. The average Bonchev–Trinajstić information content (AvgIpc) is 2.30. The van der Waals surface area contributed by atoms with Crippen molar-refractivity contribution < 1.29 is 5.11 Å². The molecule has 90 valence electrons. The molecule has 1 aromatic rings. The van der Waals surface area contributed by atoms with E-state index >= 15 is 0 Å². The Morgan fingerprint density at radius 3 is 2.75 bits per heavy atom. The molecule has 2 N–H and O–H groups in total. The lowest BCUT2D eigenvalue weighted by atomic mass is 10.1. The van der Waals surface area contributed by atoms with E-state index in [0.29, 0.717) is 12.5 Å². The first-order valence-electron chi connectivity index (χ1n) is 6.10. The molecule has 16 heavy (non-hydrogen) atoms. The van der Waals surface area contributed by atoms with E-state index in [9.17, 15) is 0 Å². The van der Waals surface area contributed by atoms with Crippen molar-refractivity contribution in [3.05, 3.63) is 35.4 Å². The van der Waals surface area contributed by atoms with Gasteiger partial charge in [0.25, 0.3) is 0 Å². The molecule has 0 aliphatic heterocycles. The number of hydrogen-bond acceptors (Lipinski definition) is 2. The van der Waals surface area contributed by atoms with Gasteiger partial charge in [-0.05, 0) is 43.4 Å². The van der Waals surface area contributed by atoms with E-state index in [1.54, 1.807) is 0 Å². The Kier molecular flexibility index (Phi) is 6.12. The third-order valence-corrected chi connectivity index (χ3v) is 2.94. The minimum absolute atomic E-state index is 0.303. The van der Waals surface area contributed by atoms with Crippen LogP contribution in [0, 0.1) is 12.8 Å². The fraction of sp³-hybridized carbons (Fsp3) is 0.571. The number of aliphatic hydroxyl groups excluding tert-OH is 1. The lowest BCUT2D eigenvalue weighted by Crippen LogP contribution is -2.16. The molecule has 1 aromatic carbocycles. The Morgan fingerprint density at radius 1 is 1.31 bits per heavy atom. The van der Waals surface area contributed by atoms with E-state index in [2.05, 4.69) is 43.4 Å². The van der Waals surface area contributed by atoms with Gasteiger partial charge in [0, 0.05) is 13.2 Å². The second-order valence-corrected chi connectivity index (χ2v) is 4.53. The molecule has 0 aliphatic carbocycles. The highest BCUT2D eigenvalue weighted by Crippen LogP contribution is 2.07. The largest absolute Gasteiger partial charge is 0.396 e. The number of hydrogen-bond donors (Lipinski definition) is 2. The van der Waals surface area contributed by atoms with Crippen molar-refractivity contribution in [2.75, 3.05) is 13.2 Å². The molecule has 0 bridgehead atoms. The van der Waals surface area contributed by atoms with Gasteiger partial charge in [0.15, 0.2) is 0 Å². The van der Waals surface area contributed by atoms with Gasteiger partial charge in [0.05, 0.1) is 0 Å². The van der Waals surface area contributed by atoms with Gasteiger partial charge in [-0.1, -0.05) is 31.2 Å². The van der Waals surface area contributed by atoms with E-state index in [-0.39, 0.29) is 0 Å². The Balaban J connectivity index is 2.14. The maximum Gasteiger partial charge on any atom is 0.0456 e. The van der Waals surface area contributed by atoms with Gasteiger partial charge in [-0.15, -0.1) is 0 Å². The zero-order chi connectivity index (χ0) is 11.8. The van der Waals surface area contributed by atoms with E-state index in [1.807, 2.05) is 0 Å². The van der Waals surface area contributed by atoms with Crippen LogP contribution in [0.25, 0.3) is 0 Å². The van der Waals surface area contributed by atoms with Crippen LogP contribution in [-0.2, 0) is 6.54 Å². The van der Waals surface area contributed by atoms with Crippen LogP contribution in [0.2, 0.25) is 0 Å². The molecule has 0 aliphatic rings. The molecule has 0 amide bonds. The molecule has 2 nitrogen and oxygen atoms in total. The summed E-state index contributed by atoms with van der Waals surface area (Å²) < 4.78 is 0. The van der Waals surface area contributed by atoms with Gasteiger partial charge in [-0.3, -0.25) is 0 Å². The Bertz CT molecular complexity index is 299. The van der Waals surface area contributed by atoms with Gasteiger partial charge in [0.2, 0.25) is 0 Å². The predicted molar refractivity (Wildman–Crippen MR) is 68.4 cm³/mol. The molecule has 0 fully saturated rings. The molecule has 0 saturated heterocycles. The fourth-order valence-corrected chi connectivity index (χ4v) is 1.70. The minimum atomic E-state index is 0.303. The summed E-state index contributed by atoms with van der Waals surface area (Å²) in [6.45, 7) is 6.50. The highest BCUT2D eigenvalue weighted by molar-refractivity contribution is 5.25. The summed E-state index contributed by atoms with van der Waals surface area (Å²) in [5.74, 6) is 0.431. The zero-order valence-corrected chi connectivity index (χ0v) is 10.4. The molecular weight excluding hydrogens is 198 g/mol. The number of benzene rings is 1. The van der Waals surface area contributed by atoms with E-state index in [1.165, 1.54) is 11.1 Å². The number of nitrogens with one attached hydrogen (secondary N) is 1. The highest BCUT2D eigenvalue weighted by Gasteiger charge is 1.99. The van der Waals surface area contributed by atoms with Crippen LogP contribution in [0.5, 0.6) is 0 Å². The van der Waals surface area contributed by atoms with Gasteiger partial charge in [0.1, 0.15) is 0 Å². The van der Waals surface area contributed by atoms with Crippen LogP contribution in [0.4, 0.5) is 0 Å². The first-order chi connectivity index (χ1) is 7.74. The lowest BCUT2D eigenvalue weighted by Gasteiger charge is -2.09. The van der Waals surface area contributed by atoms with E-state index in [4.69, 9.17) is 5.11 Å². The summed E-state index contributed by atoms with van der Waals surface area (Å²) >= 11 is 0. The number of rotatable bonds is 7. The van der Waals surface area contributed by atoms with Crippen molar-refractivity contribution in [3.63, 3.8) is 0 Å². The van der Waals surface area contributed by atoms with Crippen molar-refractivity contribution in [1.29, 1.82) is 0 Å². The number of aliphatic hydroxyl groups is 1. The van der Waals surface area contributed by atoms with Crippen LogP contribution in [0.15, 0.2) is 24.3 Å². The Hall–Kier alpha value is -0.860. The molecule has 2 heteroatoms. The second-order valence-electron chi connectivity index (χ2n) is 4.53. The average molecular weight is 221 g/mol. The Labute approximate surface area is 98.7 Å². The van der Waals surface area contributed by atoms with Crippen LogP contribution in [0.3, 0.4) is 0 Å². The predicted octanol–water partition coefficient (Wildman–Crippen LogP) is 2.49. The van der Waals surface area contributed by atoms with E-state index < -0.39 is 0 Å². The SMILES string of the molecule is Cc1ccccc1CNCCCC(C)CO. The smallest absolute Gasteiger partial charge is 0.0456 e. The topological polar surface area (TPSA) is 32.3 Å².